The number of hydrogen-bond donors (Lipinski definition) is 1. The maximum absolute atomic E-state index is 13.9. The topological polar surface area (TPSA) is 61.6 Å². The normalized spacial score (nSPS) is 15.4. The number of nitrogens with zero attached hydrogens (tertiary/aromatic N) is 3. The van der Waals surface area contributed by atoms with E-state index in [2.05, 4.69) is 10.5 Å². The first-order valence-electron chi connectivity index (χ1n) is 8.37. The van der Waals surface area contributed by atoms with Crippen molar-refractivity contribution in [2.24, 2.45) is 0 Å². The molecule has 0 atom stereocenters. The van der Waals surface area contributed by atoms with E-state index < -0.39 is 0 Å². The standard InChI is InChI=1S/C18H23FN4O2/c1-18(2,3)15-12-16(21-25-15)20-17(24)23-10-8-22(9-11-23)14-7-5-4-6-13(14)19/h4-7,12H,8-11H2,1-3H3,(H,20,21,24). The van der Waals surface area contributed by atoms with E-state index in [0.717, 1.165) is 0 Å². The van der Waals surface area contributed by atoms with Gasteiger partial charge in [0.15, 0.2) is 5.82 Å². The Bertz CT molecular complexity index is 746. The highest BCUT2D eigenvalue weighted by Gasteiger charge is 2.24. The van der Waals surface area contributed by atoms with E-state index in [0.29, 0.717) is 43.4 Å². The van der Waals surface area contributed by atoms with Gasteiger partial charge in [0, 0.05) is 37.7 Å². The molecule has 2 heterocycles. The summed E-state index contributed by atoms with van der Waals surface area (Å²) in [5.74, 6) is 0.885. The Morgan fingerprint density at radius 1 is 1.20 bits per heavy atom. The lowest BCUT2D eigenvalue weighted by Crippen LogP contribution is -2.50. The molecule has 1 aromatic heterocycles. The average molecular weight is 346 g/mol. The monoisotopic (exact) mass is 346 g/mol. The highest BCUT2D eigenvalue weighted by atomic mass is 19.1. The van der Waals surface area contributed by atoms with Gasteiger partial charge in [0.05, 0.1) is 5.69 Å². The second kappa shape index (κ2) is 6.74. The van der Waals surface area contributed by atoms with Crippen molar-refractivity contribution < 1.29 is 13.7 Å². The maximum Gasteiger partial charge on any atom is 0.323 e. The van der Waals surface area contributed by atoms with E-state index >= 15 is 0 Å². The van der Waals surface area contributed by atoms with Gasteiger partial charge in [-0.2, -0.15) is 0 Å². The van der Waals surface area contributed by atoms with Crippen LogP contribution in [-0.4, -0.2) is 42.3 Å². The van der Waals surface area contributed by atoms with Gasteiger partial charge in [-0.05, 0) is 12.1 Å². The number of halogens is 1. The molecule has 1 aromatic carbocycles. The van der Waals surface area contributed by atoms with Crippen LogP contribution in [0.2, 0.25) is 0 Å². The fourth-order valence-electron chi connectivity index (χ4n) is 2.73. The van der Waals surface area contributed by atoms with Gasteiger partial charge in [0.1, 0.15) is 11.6 Å². The quantitative estimate of drug-likeness (QED) is 0.904. The number of carbonyl (C=O) groups excluding carboxylic acids is 1. The Balaban J connectivity index is 1.57. The van der Waals surface area contributed by atoms with Gasteiger partial charge < -0.3 is 14.3 Å². The third-order valence-electron chi connectivity index (χ3n) is 4.24. The zero-order valence-corrected chi connectivity index (χ0v) is 14.8. The number of urea groups is 1. The number of aromatic nitrogens is 1. The van der Waals surface area contributed by atoms with Crippen molar-refractivity contribution in [3.8, 4) is 0 Å². The van der Waals surface area contributed by atoms with E-state index in [4.69, 9.17) is 4.52 Å². The SMILES string of the molecule is CC(C)(C)c1cc(NC(=O)N2CCN(c3ccccc3F)CC2)no1. The van der Waals surface area contributed by atoms with Crippen molar-refractivity contribution in [2.45, 2.75) is 26.2 Å². The van der Waals surface area contributed by atoms with Crippen molar-refractivity contribution in [3.63, 3.8) is 0 Å². The minimum atomic E-state index is -0.238. The Kier molecular flexibility index (Phi) is 4.65. The van der Waals surface area contributed by atoms with Crippen molar-refractivity contribution >= 4 is 17.5 Å². The summed E-state index contributed by atoms with van der Waals surface area (Å²) in [7, 11) is 0. The summed E-state index contributed by atoms with van der Waals surface area (Å²) in [5.41, 5.74) is 0.412. The largest absolute Gasteiger partial charge is 0.366 e. The lowest BCUT2D eigenvalue weighted by Gasteiger charge is -2.35. The molecule has 2 amide bonds. The highest BCUT2D eigenvalue weighted by molar-refractivity contribution is 5.88. The van der Waals surface area contributed by atoms with Crippen molar-refractivity contribution in [3.05, 3.63) is 41.9 Å². The van der Waals surface area contributed by atoms with Crippen LogP contribution < -0.4 is 10.2 Å². The maximum atomic E-state index is 13.9. The Labute approximate surface area is 146 Å². The molecule has 1 aliphatic heterocycles. The molecule has 7 heteroatoms. The number of piperazine rings is 1. The molecule has 134 valence electrons. The number of benzene rings is 1. The van der Waals surface area contributed by atoms with Crippen LogP contribution in [0.3, 0.4) is 0 Å². The summed E-state index contributed by atoms with van der Waals surface area (Å²) < 4.78 is 19.1. The van der Waals surface area contributed by atoms with Crippen molar-refractivity contribution in [1.82, 2.24) is 10.1 Å². The number of para-hydroxylation sites is 1. The summed E-state index contributed by atoms with van der Waals surface area (Å²) in [4.78, 5) is 16.0. The molecular weight excluding hydrogens is 323 g/mol. The first-order chi connectivity index (χ1) is 11.8. The van der Waals surface area contributed by atoms with Gasteiger partial charge >= 0.3 is 6.03 Å². The molecule has 0 aliphatic carbocycles. The molecule has 0 bridgehead atoms. The van der Waals surface area contributed by atoms with E-state index in [-0.39, 0.29) is 17.3 Å². The van der Waals surface area contributed by atoms with Gasteiger partial charge in [-0.1, -0.05) is 38.1 Å². The number of rotatable bonds is 2. The summed E-state index contributed by atoms with van der Waals surface area (Å²) in [6, 6.07) is 8.22. The van der Waals surface area contributed by atoms with E-state index in [1.807, 2.05) is 31.7 Å². The number of carbonyl (C=O) groups is 1. The molecule has 3 rings (SSSR count). The summed E-state index contributed by atoms with van der Waals surface area (Å²) in [6.07, 6.45) is 0. The van der Waals surface area contributed by atoms with Crippen LogP contribution >= 0.6 is 0 Å². The minimum Gasteiger partial charge on any atom is -0.366 e. The zero-order chi connectivity index (χ0) is 18.0. The zero-order valence-electron chi connectivity index (χ0n) is 14.8. The van der Waals surface area contributed by atoms with Crippen molar-refractivity contribution in [1.29, 1.82) is 0 Å². The number of nitrogens with one attached hydrogen (secondary N) is 1. The summed E-state index contributed by atoms with van der Waals surface area (Å²) in [5, 5.41) is 6.66. The number of anilines is 2. The Morgan fingerprint density at radius 3 is 2.48 bits per heavy atom. The number of hydrogen-bond acceptors (Lipinski definition) is 4. The molecule has 1 aliphatic rings. The molecular formula is C18H23FN4O2. The Hall–Kier alpha value is -2.57. The number of amides is 2. The lowest BCUT2D eigenvalue weighted by molar-refractivity contribution is 0.208. The molecule has 2 aromatic rings. The fourth-order valence-corrected chi connectivity index (χ4v) is 2.73. The van der Waals surface area contributed by atoms with Gasteiger partial charge in [0.25, 0.3) is 0 Å². The third kappa shape index (κ3) is 3.92. The highest BCUT2D eigenvalue weighted by Crippen LogP contribution is 2.25. The molecule has 0 unspecified atom stereocenters. The van der Waals surface area contributed by atoms with Gasteiger partial charge in [0.2, 0.25) is 0 Å². The van der Waals surface area contributed by atoms with Crippen molar-refractivity contribution in [2.75, 3.05) is 36.4 Å². The minimum absolute atomic E-state index is 0.165. The van der Waals surface area contributed by atoms with E-state index in [9.17, 15) is 9.18 Å². The van der Waals surface area contributed by atoms with Crippen LogP contribution in [-0.2, 0) is 5.41 Å². The molecule has 0 radical (unpaired) electrons. The molecule has 0 spiro atoms. The van der Waals surface area contributed by atoms with Crippen LogP contribution in [0.5, 0.6) is 0 Å². The molecule has 1 N–H and O–H groups in total. The average Bonchev–Trinajstić information content (AvgIpc) is 3.04. The summed E-state index contributed by atoms with van der Waals surface area (Å²) in [6.45, 7) is 8.25. The molecule has 1 fully saturated rings. The van der Waals surface area contributed by atoms with Crippen LogP contribution in [0, 0.1) is 5.82 Å². The lowest BCUT2D eigenvalue weighted by atomic mass is 9.93. The summed E-state index contributed by atoms with van der Waals surface area (Å²) >= 11 is 0. The van der Waals surface area contributed by atoms with Crippen LogP contribution in [0.15, 0.2) is 34.9 Å². The predicted octanol–water partition coefficient (Wildman–Crippen LogP) is 3.47. The fraction of sp³-hybridized carbons (Fsp3) is 0.444. The second-order valence-corrected chi connectivity index (χ2v) is 7.18. The van der Waals surface area contributed by atoms with Crippen LogP contribution in [0.1, 0.15) is 26.5 Å². The molecule has 0 saturated carbocycles. The predicted molar refractivity (Wildman–Crippen MR) is 94.4 cm³/mol. The molecule has 6 nitrogen and oxygen atoms in total. The molecule has 1 saturated heterocycles. The van der Waals surface area contributed by atoms with Gasteiger partial charge in [-0.15, -0.1) is 0 Å². The second-order valence-electron chi connectivity index (χ2n) is 7.18. The molecule has 25 heavy (non-hydrogen) atoms. The Morgan fingerprint density at radius 2 is 1.88 bits per heavy atom. The van der Waals surface area contributed by atoms with Crippen LogP contribution in [0.4, 0.5) is 20.7 Å². The van der Waals surface area contributed by atoms with Gasteiger partial charge in [-0.25, -0.2) is 9.18 Å². The van der Waals surface area contributed by atoms with Crippen LogP contribution in [0.25, 0.3) is 0 Å². The van der Waals surface area contributed by atoms with E-state index in [1.54, 1.807) is 23.1 Å². The van der Waals surface area contributed by atoms with E-state index in [1.165, 1.54) is 6.07 Å². The van der Waals surface area contributed by atoms with Gasteiger partial charge in [-0.3, -0.25) is 5.32 Å². The first kappa shape index (κ1) is 17.3. The first-order valence-corrected chi connectivity index (χ1v) is 8.37. The smallest absolute Gasteiger partial charge is 0.323 e. The third-order valence-corrected chi connectivity index (χ3v) is 4.24.